The van der Waals surface area contributed by atoms with Gasteiger partial charge >= 0.3 is 0 Å². The van der Waals surface area contributed by atoms with E-state index in [0.717, 1.165) is 43.1 Å². The summed E-state index contributed by atoms with van der Waals surface area (Å²) in [5, 5.41) is 36.2. The van der Waals surface area contributed by atoms with Gasteiger partial charge in [0.15, 0.2) is 17.4 Å². The molecule has 13 N–H and O–H groups in total. The number of H-pyrrole nitrogens is 2. The standard InChI is InChI=1S/C21H24N6O3.C13H20N4O2.C7H4Cl3N3.C5H7N3.C3H4Cl3NO/c22-10-15(8-13-3-6-24-20(13)29)25-21(30)14(7-12-1-2-12)9-18(28)19-26-16-4-5-23-11-17(16)27-19;14-7-10(6-9-3-4-16-12(9)18)17-13(19)11(15)5-8-1-2-8;8-7(9,10)6-12-4-1-2-11-3-5(4)13-6;6-4-1-2-8-3-5(4)7;1-8-2(7)3(4,5)6/h4-5,11-15H,1-3,6-9H2,(H,24,29)(H,25,30)(H,26,27);8-11H,1-6,15H2,(H,16,18)(H,17,19);1-3H,(H,12,13);1-3H,7H2,(H2,6,8);7H,1H3/t13-,14+,15-;9-,10-,11-;;;/m00.../s1. The van der Waals surface area contributed by atoms with E-state index in [2.05, 4.69) is 67.0 Å². The maximum Gasteiger partial charge on any atom is 0.265 e. The molecular formula is C49H59Cl6N17O6. The van der Waals surface area contributed by atoms with Crippen LogP contribution in [0.5, 0.6) is 0 Å². The monoisotopic (exact) mass is 1190 g/mol. The molecule has 9 rings (SSSR count). The van der Waals surface area contributed by atoms with Gasteiger partial charge in [0.05, 0.1) is 77.3 Å². The van der Waals surface area contributed by atoms with Crippen molar-refractivity contribution in [1.29, 1.82) is 15.9 Å². The first-order valence-electron chi connectivity index (χ1n) is 24.5. The molecule has 2 aliphatic heterocycles. The number of nitrogens with zero attached hydrogens (tertiary/aromatic N) is 7. The van der Waals surface area contributed by atoms with Crippen molar-refractivity contribution in [3.05, 3.63) is 67.0 Å². The third-order valence-corrected chi connectivity index (χ3v) is 13.5. The van der Waals surface area contributed by atoms with Crippen LogP contribution in [0.25, 0.3) is 22.1 Å². The summed E-state index contributed by atoms with van der Waals surface area (Å²) in [4.78, 5) is 86.7. The van der Waals surface area contributed by atoms with E-state index in [-0.39, 0.29) is 65.8 Å². The van der Waals surface area contributed by atoms with Gasteiger partial charge in [-0.15, -0.1) is 0 Å². The predicted octanol–water partition coefficient (Wildman–Crippen LogP) is 6.14. The average Bonchev–Trinajstić information content (AvgIpc) is 4.18. The van der Waals surface area contributed by atoms with Crippen LogP contribution in [0, 0.1) is 57.7 Å². The van der Waals surface area contributed by atoms with Crippen molar-refractivity contribution in [2.45, 2.75) is 96.3 Å². The first kappa shape index (κ1) is 62.5. The molecule has 0 bridgehead atoms. The number of methoxy groups -OCH3 is 1. The number of fused-ring (bicyclic) bond motifs is 2. The lowest BCUT2D eigenvalue weighted by Gasteiger charge is -2.19. The maximum atomic E-state index is 12.9. The van der Waals surface area contributed by atoms with Gasteiger partial charge < -0.3 is 53.2 Å². The van der Waals surface area contributed by atoms with E-state index in [9.17, 15) is 29.2 Å². The van der Waals surface area contributed by atoms with Gasteiger partial charge in [-0.25, -0.2) is 9.97 Å². The predicted molar refractivity (Wildman–Crippen MR) is 297 cm³/mol. The molecule has 6 atom stereocenters. The number of nitriles is 2. The Morgan fingerprint density at radius 3 is 1.64 bits per heavy atom. The topological polar surface area (TPSA) is 388 Å². The SMILES string of the molecule is COC(=N)C(Cl)(Cl)Cl.ClC(Cl)(Cl)c1nc2ccncc2[nH]1.N#C[C@H](C[C@@H]1CCNC1=O)NC(=O)[C@@H](CC(=O)c1nc2ccncc2[nH]1)CC1CC1.N#C[C@H](C[C@@H]1CCNC1=O)NC(=O)[C@@H](N)CC1CC1.Nc1ccncc1N. The number of pyridine rings is 3. The molecule has 23 nitrogen and oxygen atoms in total. The lowest BCUT2D eigenvalue weighted by Crippen LogP contribution is -2.46. The molecule has 29 heteroatoms. The minimum absolute atomic E-state index is 0.0254. The molecule has 0 aromatic carbocycles. The van der Waals surface area contributed by atoms with Gasteiger partial charge in [0.2, 0.25) is 33.3 Å². The molecule has 2 saturated carbocycles. The first-order chi connectivity index (χ1) is 37.0. The van der Waals surface area contributed by atoms with E-state index in [1.54, 1.807) is 49.2 Å². The van der Waals surface area contributed by atoms with Crippen LogP contribution in [0.4, 0.5) is 11.4 Å². The van der Waals surface area contributed by atoms with Gasteiger partial charge in [-0.1, -0.05) is 95.3 Å². The molecule has 7 heterocycles. The number of aromatic nitrogens is 7. The molecule has 0 unspecified atom stereocenters. The molecule has 4 amide bonds. The molecule has 78 heavy (non-hydrogen) atoms. The normalized spacial score (nSPS) is 18.1. The van der Waals surface area contributed by atoms with Gasteiger partial charge in [0.1, 0.15) is 12.1 Å². The number of imidazole rings is 2. The minimum Gasteiger partial charge on any atom is -0.481 e. The highest BCUT2D eigenvalue weighted by Crippen LogP contribution is 2.38. The Balaban J connectivity index is 0.000000199. The number of ketones is 1. The van der Waals surface area contributed by atoms with Crippen molar-refractivity contribution in [3.8, 4) is 12.1 Å². The van der Waals surface area contributed by atoms with E-state index in [4.69, 9.17) is 97.5 Å². The van der Waals surface area contributed by atoms with Crippen LogP contribution in [0.2, 0.25) is 0 Å². The van der Waals surface area contributed by atoms with Crippen LogP contribution in [-0.2, 0) is 27.7 Å². The summed E-state index contributed by atoms with van der Waals surface area (Å²) in [7, 11) is 1.27. The first-order valence-corrected chi connectivity index (χ1v) is 26.8. The summed E-state index contributed by atoms with van der Waals surface area (Å²) in [6.07, 6.45) is 17.4. The Hall–Kier alpha value is -6.31. The highest BCUT2D eigenvalue weighted by molar-refractivity contribution is 6.76. The number of carbonyl (C=O) groups is 5. The number of amides is 4. The van der Waals surface area contributed by atoms with Crippen molar-refractivity contribution in [2.75, 3.05) is 31.7 Å². The number of Topliss-reactive ketones (excluding diaryl/α,β-unsaturated/α-hetero) is 1. The van der Waals surface area contributed by atoms with Crippen molar-refractivity contribution >= 4 is 138 Å². The largest absolute Gasteiger partial charge is 0.481 e. The molecule has 4 fully saturated rings. The second-order valence-corrected chi connectivity index (χ2v) is 23.2. The third kappa shape index (κ3) is 20.5. The number of hydrogen-bond donors (Lipinski definition) is 10. The third-order valence-electron chi connectivity index (χ3n) is 12.5. The van der Waals surface area contributed by atoms with Crippen LogP contribution in [-0.4, -0.2) is 112 Å². The number of nitrogen functional groups attached to an aromatic ring is 2. The quantitative estimate of drug-likeness (QED) is 0.0243. The molecule has 2 aliphatic carbocycles. The minimum atomic E-state index is -1.71. The average molecular weight is 1190 g/mol. The number of rotatable bonds is 15. The number of alkyl halides is 6. The van der Waals surface area contributed by atoms with E-state index in [1.165, 1.54) is 13.3 Å². The summed E-state index contributed by atoms with van der Waals surface area (Å²) in [5.74, 6) is -0.738. The van der Waals surface area contributed by atoms with Crippen LogP contribution in [0.1, 0.15) is 87.1 Å². The van der Waals surface area contributed by atoms with Crippen molar-refractivity contribution in [3.63, 3.8) is 0 Å². The van der Waals surface area contributed by atoms with Gasteiger partial charge in [-0.2, -0.15) is 10.5 Å². The van der Waals surface area contributed by atoms with E-state index in [1.807, 2.05) is 6.07 Å². The van der Waals surface area contributed by atoms with Crippen LogP contribution in [0.15, 0.2) is 55.4 Å². The lowest BCUT2D eigenvalue weighted by atomic mass is 9.93. The zero-order valence-corrected chi connectivity index (χ0v) is 46.6. The van der Waals surface area contributed by atoms with Crippen molar-refractivity contribution in [2.24, 2.45) is 35.3 Å². The van der Waals surface area contributed by atoms with Crippen LogP contribution < -0.4 is 38.5 Å². The number of nitrogens with two attached hydrogens (primary N) is 3. The molecular weight excluding hydrogens is 1140 g/mol. The second kappa shape index (κ2) is 29.6. The van der Waals surface area contributed by atoms with E-state index < -0.39 is 31.6 Å². The number of carbonyl (C=O) groups excluding carboxylic acids is 5. The fourth-order valence-electron chi connectivity index (χ4n) is 7.86. The molecule has 2 saturated heterocycles. The van der Waals surface area contributed by atoms with Gasteiger partial charge in [0, 0.05) is 55.9 Å². The van der Waals surface area contributed by atoms with Gasteiger partial charge in [-0.05, 0) is 68.6 Å². The number of hydrogen-bond acceptors (Lipinski definition) is 17. The summed E-state index contributed by atoms with van der Waals surface area (Å²) in [6, 6.07) is 7.32. The lowest BCUT2D eigenvalue weighted by molar-refractivity contribution is -0.127. The number of ether oxygens (including phenoxy) is 1. The Labute approximate surface area is 479 Å². The molecule has 0 spiro atoms. The Kier molecular flexibility index (Phi) is 23.7. The highest BCUT2D eigenvalue weighted by atomic mass is 35.6. The molecule has 0 radical (unpaired) electrons. The smallest absolute Gasteiger partial charge is 0.265 e. The summed E-state index contributed by atoms with van der Waals surface area (Å²) in [5.41, 5.74) is 20.4. The zero-order valence-electron chi connectivity index (χ0n) is 42.1. The Bertz CT molecular complexity index is 2860. The van der Waals surface area contributed by atoms with Crippen molar-refractivity contribution in [1.82, 2.24) is 56.2 Å². The second-order valence-electron chi connectivity index (χ2n) is 18.7. The Morgan fingerprint density at radius 1 is 0.731 bits per heavy atom. The Morgan fingerprint density at radius 2 is 1.23 bits per heavy atom. The summed E-state index contributed by atoms with van der Waals surface area (Å²) < 4.78 is 1.07. The van der Waals surface area contributed by atoms with Gasteiger partial charge in [-0.3, -0.25) is 44.3 Å². The van der Waals surface area contributed by atoms with Crippen LogP contribution >= 0.6 is 69.6 Å². The van der Waals surface area contributed by atoms with Crippen LogP contribution in [0.3, 0.4) is 0 Å². The molecule has 5 aromatic heterocycles. The zero-order chi connectivity index (χ0) is 57.2. The molecule has 4 aliphatic rings. The number of halogens is 6. The van der Waals surface area contributed by atoms with E-state index in [0.29, 0.717) is 78.8 Å². The molecule has 5 aromatic rings. The summed E-state index contributed by atoms with van der Waals surface area (Å²) >= 11 is 32.4. The number of aromatic amines is 2. The molecule has 418 valence electrons. The summed E-state index contributed by atoms with van der Waals surface area (Å²) in [6.45, 7) is 1.25. The number of anilines is 2. The van der Waals surface area contributed by atoms with Gasteiger partial charge in [0.25, 0.3) is 3.79 Å². The van der Waals surface area contributed by atoms with Crippen molar-refractivity contribution < 1.29 is 28.7 Å². The maximum absolute atomic E-state index is 12.9. The fraction of sp³-hybridized carbons (Fsp3) is 0.490. The fourth-order valence-corrected chi connectivity index (χ4v) is 8.36. The number of nitrogens with one attached hydrogen (secondary N) is 7. The van der Waals surface area contributed by atoms with E-state index >= 15 is 0 Å². The highest BCUT2D eigenvalue weighted by Gasteiger charge is 2.35.